The van der Waals surface area contributed by atoms with Crippen LogP contribution >= 0.6 is 0 Å². The largest absolute Gasteiger partial charge is 0.496 e. The van der Waals surface area contributed by atoms with Crippen LogP contribution in [-0.2, 0) is 16.0 Å². The number of ether oxygens (including phenoxy) is 2. The van der Waals surface area contributed by atoms with Gasteiger partial charge in [-0.25, -0.2) is 0 Å². The fourth-order valence-corrected chi connectivity index (χ4v) is 1.97. The molecule has 0 saturated carbocycles. The molecule has 3 nitrogen and oxygen atoms in total. The van der Waals surface area contributed by atoms with E-state index in [0.717, 1.165) is 17.7 Å². The van der Waals surface area contributed by atoms with Crippen molar-refractivity contribution in [3.05, 3.63) is 29.8 Å². The monoisotopic (exact) mass is 220 g/mol. The maximum atomic E-state index is 11.9. The van der Waals surface area contributed by atoms with Crippen molar-refractivity contribution in [1.29, 1.82) is 0 Å². The zero-order valence-corrected chi connectivity index (χ0v) is 9.44. The number of carbonyl (C=O) groups is 1. The topological polar surface area (TPSA) is 35.5 Å². The van der Waals surface area contributed by atoms with E-state index < -0.39 is 0 Å². The quantitative estimate of drug-likeness (QED) is 0.776. The second kappa shape index (κ2) is 5.12. The summed E-state index contributed by atoms with van der Waals surface area (Å²) >= 11 is 0. The highest BCUT2D eigenvalue weighted by Crippen LogP contribution is 2.21. The number of rotatable bonds is 4. The first-order valence-electron chi connectivity index (χ1n) is 5.53. The summed E-state index contributed by atoms with van der Waals surface area (Å²) in [5, 5.41) is 0. The molecule has 1 aliphatic rings. The van der Waals surface area contributed by atoms with Crippen LogP contribution in [0.2, 0.25) is 0 Å². The lowest BCUT2D eigenvalue weighted by Gasteiger charge is -2.09. The summed E-state index contributed by atoms with van der Waals surface area (Å²) in [4.78, 5) is 11.9. The fraction of sp³-hybridized carbons (Fsp3) is 0.462. The SMILES string of the molecule is COc1ccccc1CC(=O)C1CCOC1. The Labute approximate surface area is 95.4 Å². The molecule has 1 unspecified atom stereocenters. The van der Waals surface area contributed by atoms with Crippen molar-refractivity contribution in [3.63, 3.8) is 0 Å². The number of Topliss-reactive ketones (excluding diaryl/α,β-unsaturated/α-hetero) is 1. The third kappa shape index (κ3) is 2.42. The predicted molar refractivity (Wildman–Crippen MR) is 60.6 cm³/mol. The van der Waals surface area contributed by atoms with Gasteiger partial charge in [0.2, 0.25) is 0 Å². The highest BCUT2D eigenvalue weighted by Gasteiger charge is 2.23. The van der Waals surface area contributed by atoms with Crippen molar-refractivity contribution in [2.45, 2.75) is 12.8 Å². The van der Waals surface area contributed by atoms with Gasteiger partial charge in [0, 0.05) is 24.5 Å². The number of benzene rings is 1. The zero-order valence-electron chi connectivity index (χ0n) is 9.44. The lowest BCUT2D eigenvalue weighted by atomic mass is 9.97. The molecule has 0 bridgehead atoms. The molecule has 0 spiro atoms. The van der Waals surface area contributed by atoms with E-state index in [1.54, 1.807) is 7.11 Å². The van der Waals surface area contributed by atoms with Crippen LogP contribution in [0, 0.1) is 5.92 Å². The maximum Gasteiger partial charge on any atom is 0.142 e. The van der Waals surface area contributed by atoms with Crippen LogP contribution in [0.4, 0.5) is 0 Å². The normalized spacial score (nSPS) is 19.7. The minimum absolute atomic E-state index is 0.0740. The van der Waals surface area contributed by atoms with E-state index in [0.29, 0.717) is 19.6 Å². The Balaban J connectivity index is 2.05. The molecule has 0 N–H and O–H groups in total. The predicted octanol–water partition coefficient (Wildman–Crippen LogP) is 1.84. The lowest BCUT2D eigenvalue weighted by molar-refractivity contribution is -0.122. The molecule has 16 heavy (non-hydrogen) atoms. The van der Waals surface area contributed by atoms with Crippen LogP contribution in [0.15, 0.2) is 24.3 Å². The van der Waals surface area contributed by atoms with Crippen molar-refractivity contribution in [1.82, 2.24) is 0 Å². The molecule has 1 atom stereocenters. The van der Waals surface area contributed by atoms with E-state index >= 15 is 0 Å². The molecule has 1 aromatic carbocycles. The molecular weight excluding hydrogens is 204 g/mol. The van der Waals surface area contributed by atoms with Gasteiger partial charge in [0.05, 0.1) is 13.7 Å². The van der Waals surface area contributed by atoms with Gasteiger partial charge < -0.3 is 9.47 Å². The van der Waals surface area contributed by atoms with Gasteiger partial charge in [0.1, 0.15) is 11.5 Å². The summed E-state index contributed by atoms with van der Waals surface area (Å²) in [6.45, 7) is 1.29. The van der Waals surface area contributed by atoms with E-state index in [1.807, 2.05) is 24.3 Å². The van der Waals surface area contributed by atoms with Crippen LogP contribution < -0.4 is 4.74 Å². The molecule has 1 aromatic rings. The molecular formula is C13H16O3. The van der Waals surface area contributed by atoms with Crippen LogP contribution in [-0.4, -0.2) is 26.1 Å². The first-order valence-corrected chi connectivity index (χ1v) is 5.53. The summed E-state index contributed by atoms with van der Waals surface area (Å²) in [6.07, 6.45) is 1.30. The van der Waals surface area contributed by atoms with Crippen LogP contribution in [0.5, 0.6) is 5.75 Å². The number of para-hydroxylation sites is 1. The molecule has 3 heteroatoms. The van der Waals surface area contributed by atoms with E-state index in [2.05, 4.69) is 0 Å². The smallest absolute Gasteiger partial charge is 0.142 e. The molecule has 2 rings (SSSR count). The van der Waals surface area contributed by atoms with Crippen molar-refractivity contribution in [2.24, 2.45) is 5.92 Å². The molecule has 1 heterocycles. The number of hydrogen-bond donors (Lipinski definition) is 0. The third-order valence-corrected chi connectivity index (χ3v) is 2.94. The molecule has 1 saturated heterocycles. The Hall–Kier alpha value is -1.35. The molecule has 0 aromatic heterocycles. The highest BCUT2D eigenvalue weighted by atomic mass is 16.5. The van der Waals surface area contributed by atoms with Gasteiger partial charge in [0.25, 0.3) is 0 Å². The van der Waals surface area contributed by atoms with Gasteiger partial charge in [-0.1, -0.05) is 18.2 Å². The number of methoxy groups -OCH3 is 1. The maximum absolute atomic E-state index is 11.9. The summed E-state index contributed by atoms with van der Waals surface area (Å²) in [5.41, 5.74) is 0.960. The van der Waals surface area contributed by atoms with Crippen molar-refractivity contribution < 1.29 is 14.3 Å². The number of hydrogen-bond acceptors (Lipinski definition) is 3. The minimum atomic E-state index is 0.0740. The van der Waals surface area contributed by atoms with E-state index in [1.165, 1.54) is 0 Å². The average molecular weight is 220 g/mol. The van der Waals surface area contributed by atoms with Crippen molar-refractivity contribution >= 4 is 5.78 Å². The summed E-state index contributed by atoms with van der Waals surface area (Å²) < 4.78 is 10.4. The Kier molecular flexibility index (Phi) is 3.57. The van der Waals surface area contributed by atoms with E-state index in [-0.39, 0.29) is 11.7 Å². The van der Waals surface area contributed by atoms with Crippen LogP contribution in [0.1, 0.15) is 12.0 Å². The lowest BCUT2D eigenvalue weighted by Crippen LogP contribution is -2.17. The summed E-state index contributed by atoms with van der Waals surface area (Å²) in [7, 11) is 1.63. The number of carbonyl (C=O) groups excluding carboxylic acids is 1. The summed E-state index contributed by atoms with van der Waals surface area (Å²) in [6, 6.07) is 7.65. The average Bonchev–Trinajstić information content (AvgIpc) is 2.83. The first-order chi connectivity index (χ1) is 7.81. The Morgan fingerprint density at radius 2 is 2.31 bits per heavy atom. The molecule has 86 valence electrons. The van der Waals surface area contributed by atoms with E-state index in [9.17, 15) is 4.79 Å². The minimum Gasteiger partial charge on any atom is -0.496 e. The zero-order chi connectivity index (χ0) is 11.4. The Morgan fingerprint density at radius 1 is 1.50 bits per heavy atom. The van der Waals surface area contributed by atoms with Gasteiger partial charge in [-0.15, -0.1) is 0 Å². The molecule has 0 aliphatic carbocycles. The van der Waals surface area contributed by atoms with Gasteiger partial charge >= 0.3 is 0 Å². The van der Waals surface area contributed by atoms with Crippen LogP contribution in [0.25, 0.3) is 0 Å². The van der Waals surface area contributed by atoms with Crippen molar-refractivity contribution in [3.8, 4) is 5.75 Å². The summed E-state index contributed by atoms with van der Waals surface area (Å²) in [5.74, 6) is 1.11. The second-order valence-electron chi connectivity index (χ2n) is 4.02. The molecule has 0 radical (unpaired) electrons. The molecule has 1 aliphatic heterocycles. The first kappa shape index (κ1) is 11.1. The Bertz CT molecular complexity index is 367. The van der Waals surface area contributed by atoms with Crippen molar-refractivity contribution in [2.75, 3.05) is 20.3 Å². The van der Waals surface area contributed by atoms with Crippen LogP contribution in [0.3, 0.4) is 0 Å². The van der Waals surface area contributed by atoms with Gasteiger partial charge in [-0.05, 0) is 12.5 Å². The third-order valence-electron chi connectivity index (χ3n) is 2.94. The standard InChI is InChI=1S/C13H16O3/c1-15-13-5-3-2-4-10(13)8-12(14)11-6-7-16-9-11/h2-5,11H,6-9H2,1H3. The fourth-order valence-electron chi connectivity index (χ4n) is 1.97. The van der Waals surface area contributed by atoms with Gasteiger partial charge in [-0.3, -0.25) is 4.79 Å². The number of ketones is 1. The Morgan fingerprint density at radius 3 is 3.00 bits per heavy atom. The van der Waals surface area contributed by atoms with E-state index in [4.69, 9.17) is 9.47 Å². The van der Waals surface area contributed by atoms with Gasteiger partial charge in [-0.2, -0.15) is 0 Å². The van der Waals surface area contributed by atoms with Gasteiger partial charge in [0.15, 0.2) is 0 Å². The second-order valence-corrected chi connectivity index (χ2v) is 4.02. The highest BCUT2D eigenvalue weighted by molar-refractivity contribution is 5.84. The molecule has 1 fully saturated rings. The molecule has 0 amide bonds.